The van der Waals surface area contributed by atoms with E-state index in [-0.39, 0.29) is 5.92 Å². The van der Waals surface area contributed by atoms with Gasteiger partial charge in [0.15, 0.2) is 0 Å². The molecular formula is C34H34O2. The van der Waals surface area contributed by atoms with Crippen LogP contribution in [-0.2, 0) is 11.3 Å². The number of hydrogen-bond acceptors (Lipinski definition) is 2. The number of hydrogen-bond donors (Lipinski definition) is 0. The van der Waals surface area contributed by atoms with Gasteiger partial charge in [-0.15, -0.1) is 0 Å². The number of benzene rings is 5. The summed E-state index contributed by atoms with van der Waals surface area (Å²) in [5, 5.41) is 4.91. The summed E-state index contributed by atoms with van der Waals surface area (Å²) >= 11 is 0. The fourth-order valence-corrected chi connectivity index (χ4v) is 4.76. The fourth-order valence-electron chi connectivity index (χ4n) is 4.76. The van der Waals surface area contributed by atoms with Gasteiger partial charge in [-0.25, -0.2) is 0 Å². The zero-order valence-electron chi connectivity index (χ0n) is 21.4. The van der Waals surface area contributed by atoms with Gasteiger partial charge in [0.2, 0.25) is 6.29 Å². The molecule has 0 N–H and O–H groups in total. The molecule has 3 atom stereocenters. The Morgan fingerprint density at radius 1 is 0.639 bits per heavy atom. The molecule has 0 amide bonds. The number of rotatable bonds is 9. The largest absolute Gasteiger partial charge is 0.464 e. The van der Waals surface area contributed by atoms with E-state index in [1.165, 1.54) is 38.2 Å². The molecule has 0 aliphatic carbocycles. The summed E-state index contributed by atoms with van der Waals surface area (Å²) in [6, 6.07) is 38.4. The fraction of sp³-hybridized carbons (Fsp3) is 0.235. The third-order valence-corrected chi connectivity index (χ3v) is 7.30. The van der Waals surface area contributed by atoms with E-state index in [1.54, 1.807) is 0 Å². The highest BCUT2D eigenvalue weighted by molar-refractivity contribution is 5.85. The molecule has 3 unspecified atom stereocenters. The molecule has 36 heavy (non-hydrogen) atoms. The van der Waals surface area contributed by atoms with Crippen molar-refractivity contribution in [1.29, 1.82) is 0 Å². The van der Waals surface area contributed by atoms with Crippen molar-refractivity contribution in [2.75, 3.05) is 0 Å². The van der Waals surface area contributed by atoms with Gasteiger partial charge in [-0.05, 0) is 62.7 Å². The van der Waals surface area contributed by atoms with Gasteiger partial charge in [0.05, 0.1) is 6.61 Å². The number of fused-ring (bicyclic) bond motifs is 2. The van der Waals surface area contributed by atoms with Crippen molar-refractivity contribution in [3.05, 3.63) is 126 Å². The van der Waals surface area contributed by atoms with Crippen LogP contribution in [0.1, 0.15) is 55.7 Å². The van der Waals surface area contributed by atoms with Crippen LogP contribution in [0.15, 0.2) is 109 Å². The van der Waals surface area contributed by atoms with Crippen molar-refractivity contribution < 1.29 is 9.47 Å². The van der Waals surface area contributed by atoms with Crippen molar-refractivity contribution >= 4 is 21.5 Å². The van der Waals surface area contributed by atoms with Gasteiger partial charge < -0.3 is 9.47 Å². The molecule has 0 radical (unpaired) electrons. The summed E-state index contributed by atoms with van der Waals surface area (Å²) in [4.78, 5) is 0. The average molecular weight is 475 g/mol. The van der Waals surface area contributed by atoms with Crippen LogP contribution in [0.25, 0.3) is 21.5 Å². The molecule has 0 fully saturated rings. The predicted molar refractivity (Wildman–Crippen MR) is 151 cm³/mol. The lowest BCUT2D eigenvalue weighted by atomic mass is 9.97. The Balaban J connectivity index is 1.42. The van der Waals surface area contributed by atoms with Gasteiger partial charge in [-0.2, -0.15) is 0 Å². The average Bonchev–Trinajstić information content (AvgIpc) is 2.94. The van der Waals surface area contributed by atoms with Gasteiger partial charge in [-0.3, -0.25) is 0 Å². The molecule has 0 spiro atoms. The summed E-state index contributed by atoms with van der Waals surface area (Å²) in [6.07, 6.45) is 0.690. The Morgan fingerprint density at radius 2 is 1.31 bits per heavy atom. The van der Waals surface area contributed by atoms with Gasteiger partial charge in [0, 0.05) is 5.92 Å². The first-order valence-corrected chi connectivity index (χ1v) is 13.0. The van der Waals surface area contributed by atoms with Crippen LogP contribution in [0.3, 0.4) is 0 Å². The summed E-state index contributed by atoms with van der Waals surface area (Å²) in [7, 11) is 0. The smallest absolute Gasteiger partial charge is 0.206 e. The van der Waals surface area contributed by atoms with E-state index < -0.39 is 6.29 Å². The molecule has 0 heterocycles. The molecule has 0 saturated heterocycles. The van der Waals surface area contributed by atoms with E-state index in [4.69, 9.17) is 9.47 Å². The van der Waals surface area contributed by atoms with Crippen LogP contribution >= 0.6 is 0 Å². The Kier molecular flexibility index (Phi) is 7.34. The molecule has 5 rings (SSSR count). The lowest BCUT2D eigenvalue weighted by Crippen LogP contribution is -2.27. The molecule has 2 heteroatoms. The van der Waals surface area contributed by atoms with Crippen LogP contribution < -0.4 is 4.74 Å². The van der Waals surface area contributed by atoms with Crippen LogP contribution in [0.2, 0.25) is 0 Å². The molecule has 0 aromatic heterocycles. The maximum Gasteiger partial charge on any atom is 0.206 e. The van der Waals surface area contributed by atoms with Crippen molar-refractivity contribution in [3.8, 4) is 5.75 Å². The van der Waals surface area contributed by atoms with E-state index >= 15 is 0 Å². The number of ether oxygens (including phenoxy) is 2. The molecule has 0 aliphatic rings. The van der Waals surface area contributed by atoms with E-state index in [0.717, 1.165) is 12.2 Å². The zero-order chi connectivity index (χ0) is 24.9. The lowest BCUT2D eigenvalue weighted by Gasteiger charge is -2.26. The predicted octanol–water partition coefficient (Wildman–Crippen LogP) is 9.23. The van der Waals surface area contributed by atoms with Crippen LogP contribution in [0.5, 0.6) is 5.75 Å². The highest BCUT2D eigenvalue weighted by atomic mass is 16.7. The van der Waals surface area contributed by atoms with Crippen LogP contribution in [-0.4, -0.2) is 6.29 Å². The van der Waals surface area contributed by atoms with Crippen molar-refractivity contribution in [2.45, 2.75) is 51.9 Å². The van der Waals surface area contributed by atoms with Crippen molar-refractivity contribution in [1.82, 2.24) is 0 Å². The highest BCUT2D eigenvalue weighted by Crippen LogP contribution is 2.30. The van der Waals surface area contributed by atoms with E-state index in [0.29, 0.717) is 12.5 Å². The standard InChI is InChI=1S/C34H34O2/c1-4-24(2)26-18-20-32(21-19-26)36-34(25(3)29-17-16-27-10-5-6-12-30(27)22-29)35-23-31-14-9-13-28-11-7-8-15-33(28)31/h5-22,24-25,34H,4,23H2,1-3H3. The second-order valence-electron chi connectivity index (χ2n) is 9.71. The Labute approximate surface area is 214 Å². The topological polar surface area (TPSA) is 18.5 Å². The lowest BCUT2D eigenvalue weighted by molar-refractivity contribution is -0.102. The molecule has 182 valence electrons. The molecule has 2 nitrogen and oxygen atoms in total. The van der Waals surface area contributed by atoms with Gasteiger partial charge in [0.25, 0.3) is 0 Å². The second-order valence-corrected chi connectivity index (χ2v) is 9.71. The van der Waals surface area contributed by atoms with Gasteiger partial charge >= 0.3 is 0 Å². The third-order valence-electron chi connectivity index (χ3n) is 7.30. The Bertz CT molecular complexity index is 1430. The van der Waals surface area contributed by atoms with E-state index in [1.807, 2.05) is 0 Å². The van der Waals surface area contributed by atoms with Gasteiger partial charge in [-0.1, -0.05) is 118 Å². The van der Waals surface area contributed by atoms with E-state index in [2.05, 4.69) is 130 Å². The third kappa shape index (κ3) is 5.29. The first-order chi connectivity index (χ1) is 17.6. The SMILES string of the molecule is CCC(C)c1ccc(OC(OCc2cccc3ccccc23)C(C)c2ccc3ccccc3c2)cc1. The van der Waals surface area contributed by atoms with Crippen molar-refractivity contribution in [2.24, 2.45) is 0 Å². The van der Waals surface area contributed by atoms with E-state index in [9.17, 15) is 0 Å². The molecule has 5 aromatic rings. The van der Waals surface area contributed by atoms with Gasteiger partial charge in [0.1, 0.15) is 5.75 Å². The summed E-state index contributed by atoms with van der Waals surface area (Å²) in [5.41, 5.74) is 3.70. The van der Waals surface area contributed by atoms with Crippen LogP contribution in [0, 0.1) is 0 Å². The first kappa shape index (κ1) is 24.1. The second kappa shape index (κ2) is 11.0. The molecular weight excluding hydrogens is 440 g/mol. The monoisotopic (exact) mass is 474 g/mol. The minimum absolute atomic E-state index is 0.0406. The maximum atomic E-state index is 6.55. The Hall–Kier alpha value is -3.62. The normalized spacial score (nSPS) is 14.0. The summed E-state index contributed by atoms with van der Waals surface area (Å²) in [6.45, 7) is 7.14. The highest BCUT2D eigenvalue weighted by Gasteiger charge is 2.23. The quantitative estimate of drug-likeness (QED) is 0.198. The molecule has 0 bridgehead atoms. The van der Waals surface area contributed by atoms with Crippen LogP contribution in [0.4, 0.5) is 0 Å². The van der Waals surface area contributed by atoms with Crippen molar-refractivity contribution in [3.63, 3.8) is 0 Å². The first-order valence-electron chi connectivity index (χ1n) is 13.0. The summed E-state index contributed by atoms with van der Waals surface area (Å²) in [5.74, 6) is 1.41. The molecule has 0 aliphatic heterocycles. The zero-order valence-corrected chi connectivity index (χ0v) is 21.4. The summed E-state index contributed by atoms with van der Waals surface area (Å²) < 4.78 is 13.1. The molecule has 5 aromatic carbocycles. The Morgan fingerprint density at radius 3 is 2.08 bits per heavy atom. The molecule has 0 saturated carbocycles. The minimum atomic E-state index is -0.431. The minimum Gasteiger partial charge on any atom is -0.464 e. The maximum absolute atomic E-state index is 6.55.